The molecule has 1 heterocycles. The molecule has 0 amide bonds. The molecule has 4 rings (SSSR count). The smallest absolute Gasteiger partial charge is 0.171 e. The molecule has 1 aliphatic carbocycles. The molecule has 26 heavy (non-hydrogen) atoms. The highest BCUT2D eigenvalue weighted by Gasteiger charge is 2.20. The van der Waals surface area contributed by atoms with Crippen molar-refractivity contribution in [2.45, 2.75) is 25.3 Å². The van der Waals surface area contributed by atoms with Gasteiger partial charge in [0.2, 0.25) is 0 Å². The maximum absolute atomic E-state index is 5.60. The van der Waals surface area contributed by atoms with E-state index < -0.39 is 0 Å². The number of aryl methyl sites for hydroxylation is 1. The van der Waals surface area contributed by atoms with Crippen molar-refractivity contribution in [1.82, 2.24) is 10.3 Å². The summed E-state index contributed by atoms with van der Waals surface area (Å²) in [6.07, 6.45) is 5.17. The molecule has 0 saturated heterocycles. The zero-order valence-corrected chi connectivity index (χ0v) is 15.5. The third-order valence-electron chi connectivity index (χ3n) is 4.88. The summed E-state index contributed by atoms with van der Waals surface area (Å²) in [5, 5.41) is 8.44. The van der Waals surface area contributed by atoms with E-state index in [1.54, 1.807) is 13.3 Å². The molecule has 0 spiro atoms. The van der Waals surface area contributed by atoms with Crippen molar-refractivity contribution in [3.8, 4) is 5.75 Å². The molecule has 2 N–H and O–H groups in total. The predicted octanol–water partition coefficient (Wildman–Crippen LogP) is 4.61. The Kier molecular flexibility index (Phi) is 4.71. The molecule has 0 fully saturated rings. The van der Waals surface area contributed by atoms with Crippen molar-refractivity contribution < 1.29 is 4.74 Å². The van der Waals surface area contributed by atoms with Crippen LogP contribution in [0.3, 0.4) is 0 Å². The van der Waals surface area contributed by atoms with Crippen LogP contribution in [0.25, 0.3) is 10.9 Å². The number of fused-ring (bicyclic) bond motifs is 2. The molecule has 0 unspecified atom stereocenters. The summed E-state index contributed by atoms with van der Waals surface area (Å²) in [6, 6.07) is 16.7. The fourth-order valence-corrected chi connectivity index (χ4v) is 3.89. The Morgan fingerprint density at radius 1 is 1.15 bits per heavy atom. The van der Waals surface area contributed by atoms with Gasteiger partial charge in [-0.15, -0.1) is 0 Å². The third kappa shape index (κ3) is 3.22. The molecular weight excluding hydrogens is 342 g/mol. The molecule has 1 aromatic heterocycles. The first kappa shape index (κ1) is 16.8. The lowest BCUT2D eigenvalue weighted by Gasteiger charge is -2.27. The Labute approximate surface area is 158 Å². The summed E-state index contributed by atoms with van der Waals surface area (Å²) < 4.78 is 5.41. The number of benzene rings is 2. The lowest BCUT2D eigenvalue weighted by molar-refractivity contribution is 0.419. The lowest BCUT2D eigenvalue weighted by atomic mass is 9.88. The molecule has 4 nitrogen and oxygen atoms in total. The minimum atomic E-state index is 0.252. The van der Waals surface area contributed by atoms with Gasteiger partial charge in [0.25, 0.3) is 0 Å². The molecule has 1 atom stereocenters. The molecule has 0 radical (unpaired) electrons. The Bertz CT molecular complexity index is 957. The number of aromatic nitrogens is 1. The van der Waals surface area contributed by atoms with Crippen LogP contribution < -0.4 is 15.4 Å². The SMILES string of the molecule is COc1ccc(NC(=S)N[C@@H]2CCCc3ccccc32)c2cccnc12. The third-order valence-corrected chi connectivity index (χ3v) is 5.10. The van der Waals surface area contributed by atoms with Crippen LogP contribution >= 0.6 is 12.2 Å². The first-order valence-electron chi connectivity index (χ1n) is 8.83. The van der Waals surface area contributed by atoms with E-state index in [1.165, 1.54) is 17.5 Å². The highest BCUT2D eigenvalue weighted by atomic mass is 32.1. The summed E-state index contributed by atoms with van der Waals surface area (Å²) in [6.45, 7) is 0. The van der Waals surface area contributed by atoms with E-state index in [1.807, 2.05) is 24.3 Å². The summed E-state index contributed by atoms with van der Waals surface area (Å²) in [7, 11) is 1.66. The number of thiocarbonyl (C=S) groups is 1. The number of hydrogen-bond acceptors (Lipinski definition) is 3. The van der Waals surface area contributed by atoms with E-state index in [2.05, 4.69) is 39.9 Å². The predicted molar refractivity (Wildman–Crippen MR) is 110 cm³/mol. The summed E-state index contributed by atoms with van der Waals surface area (Å²) in [5.41, 5.74) is 4.52. The van der Waals surface area contributed by atoms with Gasteiger partial charge in [-0.3, -0.25) is 4.98 Å². The molecule has 0 aliphatic heterocycles. The quantitative estimate of drug-likeness (QED) is 0.666. The van der Waals surface area contributed by atoms with Crippen LogP contribution in [0.2, 0.25) is 0 Å². The number of pyridine rings is 1. The van der Waals surface area contributed by atoms with Crippen molar-refractivity contribution in [1.29, 1.82) is 0 Å². The average molecular weight is 363 g/mol. The zero-order valence-electron chi connectivity index (χ0n) is 14.7. The standard InChI is InChI=1S/C21H21N3OS/c1-25-19-12-11-18(16-9-5-13-22-20(16)19)24-21(26)23-17-10-4-7-14-6-2-3-8-15(14)17/h2-3,5-6,8-9,11-13,17H,4,7,10H2,1H3,(H2,23,24,26)/t17-/m1/s1. The van der Waals surface area contributed by atoms with Gasteiger partial charge in [-0.05, 0) is 66.9 Å². The first-order chi connectivity index (χ1) is 12.8. The van der Waals surface area contributed by atoms with Crippen LogP contribution in [-0.2, 0) is 6.42 Å². The number of nitrogens with one attached hydrogen (secondary N) is 2. The normalized spacial score (nSPS) is 16.0. The minimum Gasteiger partial charge on any atom is -0.494 e. The number of ether oxygens (including phenoxy) is 1. The topological polar surface area (TPSA) is 46.2 Å². The van der Waals surface area contributed by atoms with Gasteiger partial charge < -0.3 is 15.4 Å². The number of methoxy groups -OCH3 is 1. The first-order valence-corrected chi connectivity index (χ1v) is 9.24. The Balaban J connectivity index is 1.56. The molecule has 0 saturated carbocycles. The van der Waals surface area contributed by atoms with Gasteiger partial charge in [0.15, 0.2) is 5.11 Å². The second-order valence-corrected chi connectivity index (χ2v) is 6.87. The van der Waals surface area contributed by atoms with Crippen LogP contribution in [0.15, 0.2) is 54.7 Å². The fraction of sp³-hybridized carbons (Fsp3) is 0.238. The van der Waals surface area contributed by atoms with Crippen LogP contribution in [0.4, 0.5) is 5.69 Å². The van der Waals surface area contributed by atoms with Gasteiger partial charge in [0.1, 0.15) is 11.3 Å². The monoisotopic (exact) mass is 363 g/mol. The van der Waals surface area contributed by atoms with E-state index in [0.29, 0.717) is 5.11 Å². The van der Waals surface area contributed by atoms with Gasteiger partial charge in [-0.25, -0.2) is 0 Å². The second kappa shape index (κ2) is 7.30. The number of anilines is 1. The second-order valence-electron chi connectivity index (χ2n) is 6.46. The van der Waals surface area contributed by atoms with Crippen LogP contribution in [0.1, 0.15) is 30.0 Å². The van der Waals surface area contributed by atoms with E-state index in [9.17, 15) is 0 Å². The maximum atomic E-state index is 5.60. The zero-order chi connectivity index (χ0) is 17.9. The highest BCUT2D eigenvalue weighted by molar-refractivity contribution is 7.80. The Hall–Kier alpha value is -2.66. The molecule has 0 bridgehead atoms. The highest BCUT2D eigenvalue weighted by Crippen LogP contribution is 2.31. The number of rotatable bonds is 3. The van der Waals surface area contributed by atoms with E-state index >= 15 is 0 Å². The molecular formula is C21H21N3OS. The Morgan fingerprint density at radius 3 is 2.92 bits per heavy atom. The van der Waals surface area contributed by atoms with Gasteiger partial charge in [-0.2, -0.15) is 0 Å². The van der Waals surface area contributed by atoms with Crippen molar-refractivity contribution in [3.63, 3.8) is 0 Å². The summed E-state index contributed by atoms with van der Waals surface area (Å²) in [4.78, 5) is 4.44. The lowest BCUT2D eigenvalue weighted by Crippen LogP contribution is -2.34. The number of nitrogens with zero attached hydrogens (tertiary/aromatic N) is 1. The Morgan fingerprint density at radius 2 is 2.04 bits per heavy atom. The summed E-state index contributed by atoms with van der Waals surface area (Å²) in [5.74, 6) is 0.756. The molecule has 5 heteroatoms. The van der Waals surface area contributed by atoms with E-state index in [4.69, 9.17) is 17.0 Å². The van der Waals surface area contributed by atoms with Crippen molar-refractivity contribution >= 4 is 33.9 Å². The van der Waals surface area contributed by atoms with Crippen LogP contribution in [0.5, 0.6) is 5.75 Å². The average Bonchev–Trinajstić information content (AvgIpc) is 2.68. The van der Waals surface area contributed by atoms with Crippen LogP contribution in [-0.4, -0.2) is 17.2 Å². The maximum Gasteiger partial charge on any atom is 0.171 e. The van der Waals surface area contributed by atoms with E-state index in [0.717, 1.165) is 35.2 Å². The van der Waals surface area contributed by atoms with Crippen LogP contribution in [0, 0.1) is 0 Å². The van der Waals surface area contributed by atoms with Crippen molar-refractivity contribution in [3.05, 3.63) is 65.9 Å². The molecule has 3 aromatic rings. The molecule has 2 aromatic carbocycles. The minimum absolute atomic E-state index is 0.252. The van der Waals surface area contributed by atoms with Gasteiger partial charge in [0, 0.05) is 17.3 Å². The molecule has 1 aliphatic rings. The van der Waals surface area contributed by atoms with Gasteiger partial charge >= 0.3 is 0 Å². The van der Waals surface area contributed by atoms with Gasteiger partial charge in [-0.1, -0.05) is 24.3 Å². The van der Waals surface area contributed by atoms with Crippen molar-refractivity contribution in [2.24, 2.45) is 0 Å². The van der Waals surface area contributed by atoms with E-state index in [-0.39, 0.29) is 6.04 Å². The molecule has 132 valence electrons. The largest absolute Gasteiger partial charge is 0.494 e. The fourth-order valence-electron chi connectivity index (χ4n) is 3.64. The summed E-state index contributed by atoms with van der Waals surface area (Å²) >= 11 is 5.60. The van der Waals surface area contributed by atoms with Crippen molar-refractivity contribution in [2.75, 3.05) is 12.4 Å². The number of hydrogen-bond donors (Lipinski definition) is 2. The van der Waals surface area contributed by atoms with Gasteiger partial charge in [0.05, 0.1) is 13.2 Å².